The van der Waals surface area contributed by atoms with Crippen molar-refractivity contribution in [3.05, 3.63) is 35.9 Å². The van der Waals surface area contributed by atoms with Crippen molar-refractivity contribution in [1.29, 1.82) is 0 Å². The summed E-state index contributed by atoms with van der Waals surface area (Å²) in [5.74, 6) is -1.03. The van der Waals surface area contributed by atoms with Crippen molar-refractivity contribution in [2.45, 2.75) is 54.4 Å². The van der Waals surface area contributed by atoms with Crippen molar-refractivity contribution in [2.75, 3.05) is 0 Å². The molecular weight excluding hydrogens is 354 g/mol. The van der Waals surface area contributed by atoms with Gasteiger partial charge in [-0.1, -0.05) is 30.3 Å². The van der Waals surface area contributed by atoms with E-state index >= 15 is 0 Å². The Morgan fingerprint density at radius 3 is 2.58 bits per heavy atom. The van der Waals surface area contributed by atoms with Crippen LogP contribution >= 0.6 is 11.8 Å². The number of β-lactam (4-membered cyclic amide) rings is 1. The van der Waals surface area contributed by atoms with Gasteiger partial charge in [-0.05, 0) is 25.8 Å². The lowest BCUT2D eigenvalue weighted by molar-refractivity contribution is -0.159. The van der Waals surface area contributed by atoms with Gasteiger partial charge in [0.05, 0.1) is 0 Å². The standard InChI is InChI=1S/C18H21N3O4S/c1-18(2)13(16(23)24)21-14(22)12(15(21)26-18)20-17(25)19-11-8-10(11)9-6-4-3-5-7-9/h3-7,10-13,15H,8H2,1-2H3,(H,23,24)(H2,19,20,25)/t10?,11?,12?,13-,15?/m0/s1. The van der Waals surface area contributed by atoms with E-state index in [1.807, 2.05) is 44.2 Å². The monoisotopic (exact) mass is 375 g/mol. The zero-order valence-electron chi connectivity index (χ0n) is 14.5. The molecule has 3 N–H and O–H groups in total. The number of urea groups is 1. The second-order valence-corrected chi connectivity index (χ2v) is 9.32. The normalized spacial score (nSPS) is 33.8. The Hall–Kier alpha value is -2.22. The van der Waals surface area contributed by atoms with E-state index in [1.54, 1.807) is 0 Å². The van der Waals surface area contributed by atoms with E-state index in [0.717, 1.165) is 6.42 Å². The zero-order valence-corrected chi connectivity index (χ0v) is 15.3. The van der Waals surface area contributed by atoms with Gasteiger partial charge in [0.25, 0.3) is 0 Å². The fraction of sp³-hybridized carbons (Fsp3) is 0.500. The summed E-state index contributed by atoms with van der Waals surface area (Å²) in [6.07, 6.45) is 0.883. The number of fused-ring (bicyclic) bond motifs is 1. The minimum absolute atomic E-state index is 0.0723. The molecule has 1 aliphatic carbocycles. The molecule has 7 nitrogen and oxygen atoms in total. The summed E-state index contributed by atoms with van der Waals surface area (Å²) in [5.41, 5.74) is 1.20. The quantitative estimate of drug-likeness (QED) is 0.690. The number of nitrogens with one attached hydrogen (secondary N) is 2. The molecule has 138 valence electrons. The third-order valence-corrected chi connectivity index (χ3v) is 6.87. The van der Waals surface area contributed by atoms with Gasteiger partial charge >= 0.3 is 12.0 Å². The molecule has 2 heterocycles. The van der Waals surface area contributed by atoms with E-state index in [9.17, 15) is 19.5 Å². The highest BCUT2D eigenvalue weighted by molar-refractivity contribution is 8.01. The fourth-order valence-electron chi connectivity index (χ4n) is 3.92. The van der Waals surface area contributed by atoms with Crippen molar-refractivity contribution in [2.24, 2.45) is 0 Å². The Balaban J connectivity index is 1.34. The van der Waals surface area contributed by atoms with Crippen LogP contribution in [-0.2, 0) is 9.59 Å². The minimum Gasteiger partial charge on any atom is -0.480 e. The molecule has 3 amide bonds. The Morgan fingerprint density at radius 2 is 1.92 bits per heavy atom. The molecule has 0 aromatic heterocycles. The van der Waals surface area contributed by atoms with Gasteiger partial charge in [-0.3, -0.25) is 4.79 Å². The van der Waals surface area contributed by atoms with Crippen LogP contribution in [0.1, 0.15) is 31.7 Å². The third-order valence-electron chi connectivity index (χ3n) is 5.30. The molecule has 1 aromatic rings. The molecule has 0 spiro atoms. The second kappa shape index (κ2) is 5.90. The highest BCUT2D eigenvalue weighted by atomic mass is 32.2. The first-order chi connectivity index (χ1) is 12.3. The summed E-state index contributed by atoms with van der Waals surface area (Å²) >= 11 is 1.42. The number of carbonyl (C=O) groups is 3. The average Bonchev–Trinajstić information content (AvgIpc) is 3.29. The highest BCUT2D eigenvalue weighted by Crippen LogP contribution is 2.50. The molecule has 8 heteroatoms. The van der Waals surface area contributed by atoms with Crippen LogP contribution in [-0.4, -0.2) is 56.2 Å². The molecule has 1 saturated carbocycles. The number of benzene rings is 1. The van der Waals surface area contributed by atoms with Crippen LogP contribution in [0.3, 0.4) is 0 Å². The maximum atomic E-state index is 12.4. The number of rotatable bonds is 4. The maximum Gasteiger partial charge on any atom is 0.327 e. The molecule has 3 aliphatic rings. The van der Waals surface area contributed by atoms with Gasteiger partial charge in [-0.25, -0.2) is 9.59 Å². The summed E-state index contributed by atoms with van der Waals surface area (Å²) in [7, 11) is 0. The Bertz CT molecular complexity index is 769. The smallest absolute Gasteiger partial charge is 0.327 e. The Kier molecular flexibility index (Phi) is 3.91. The highest BCUT2D eigenvalue weighted by Gasteiger charge is 2.64. The van der Waals surface area contributed by atoms with Gasteiger partial charge in [0.1, 0.15) is 17.5 Å². The predicted octanol–water partition coefficient (Wildman–Crippen LogP) is 1.36. The van der Waals surface area contributed by atoms with E-state index in [4.69, 9.17) is 0 Å². The van der Waals surface area contributed by atoms with Crippen LogP contribution in [0.15, 0.2) is 30.3 Å². The van der Waals surface area contributed by atoms with Crippen molar-refractivity contribution < 1.29 is 19.5 Å². The topological polar surface area (TPSA) is 98.7 Å². The molecule has 2 saturated heterocycles. The van der Waals surface area contributed by atoms with Gasteiger partial charge in [0, 0.05) is 16.7 Å². The van der Waals surface area contributed by atoms with Crippen molar-refractivity contribution in [3.63, 3.8) is 0 Å². The zero-order chi connectivity index (χ0) is 18.6. The Labute approximate surface area is 155 Å². The lowest BCUT2D eigenvalue weighted by Crippen LogP contribution is -2.71. The van der Waals surface area contributed by atoms with Crippen molar-refractivity contribution >= 4 is 29.7 Å². The van der Waals surface area contributed by atoms with E-state index in [1.165, 1.54) is 22.2 Å². The number of carbonyl (C=O) groups excluding carboxylic acids is 2. The Morgan fingerprint density at radius 1 is 1.23 bits per heavy atom. The molecule has 26 heavy (non-hydrogen) atoms. The molecule has 3 fully saturated rings. The summed E-state index contributed by atoms with van der Waals surface area (Å²) in [4.78, 5) is 37.5. The van der Waals surface area contributed by atoms with Gasteiger partial charge in [-0.15, -0.1) is 11.8 Å². The number of hydrogen-bond acceptors (Lipinski definition) is 4. The van der Waals surface area contributed by atoms with Crippen LogP contribution in [0.5, 0.6) is 0 Å². The average molecular weight is 375 g/mol. The van der Waals surface area contributed by atoms with E-state index in [-0.39, 0.29) is 23.4 Å². The van der Waals surface area contributed by atoms with Crippen LogP contribution in [0, 0.1) is 0 Å². The molecule has 0 bridgehead atoms. The first kappa shape index (κ1) is 17.2. The van der Waals surface area contributed by atoms with Gasteiger partial charge in [0.15, 0.2) is 0 Å². The summed E-state index contributed by atoms with van der Waals surface area (Å²) in [6.45, 7) is 3.63. The molecular formula is C18H21N3O4S. The molecule has 5 atom stereocenters. The SMILES string of the molecule is CC1(C)SC2C(NC(=O)NC3CC3c3ccccc3)C(=O)N2[C@H]1C(=O)O. The number of aliphatic carboxylic acids is 1. The van der Waals surface area contributed by atoms with Gasteiger partial charge in [0.2, 0.25) is 5.91 Å². The molecule has 4 unspecified atom stereocenters. The lowest BCUT2D eigenvalue weighted by Gasteiger charge is -2.43. The third kappa shape index (κ3) is 2.72. The van der Waals surface area contributed by atoms with Gasteiger partial charge < -0.3 is 20.6 Å². The summed E-state index contributed by atoms with van der Waals surface area (Å²) in [6, 6.07) is 8.16. The number of carboxylic acid groups (broad SMARTS) is 1. The van der Waals surface area contributed by atoms with Crippen LogP contribution < -0.4 is 10.6 Å². The minimum atomic E-state index is -1.01. The molecule has 1 aromatic carbocycles. The number of hydrogen-bond donors (Lipinski definition) is 3. The van der Waals surface area contributed by atoms with Crippen molar-refractivity contribution in [1.82, 2.24) is 15.5 Å². The van der Waals surface area contributed by atoms with Crippen LogP contribution in [0.2, 0.25) is 0 Å². The maximum absolute atomic E-state index is 12.4. The molecule has 4 rings (SSSR count). The molecule has 0 radical (unpaired) electrons. The predicted molar refractivity (Wildman–Crippen MR) is 96.8 cm³/mol. The number of thioether (sulfide) groups is 1. The number of amides is 3. The van der Waals surface area contributed by atoms with E-state index in [0.29, 0.717) is 5.92 Å². The summed E-state index contributed by atoms with van der Waals surface area (Å²) in [5, 5.41) is 14.7. The largest absolute Gasteiger partial charge is 0.480 e. The molecule has 2 aliphatic heterocycles. The van der Waals surface area contributed by atoms with E-state index in [2.05, 4.69) is 10.6 Å². The van der Waals surface area contributed by atoms with Crippen LogP contribution in [0.25, 0.3) is 0 Å². The number of carboxylic acids is 1. The van der Waals surface area contributed by atoms with Gasteiger partial charge in [-0.2, -0.15) is 0 Å². The first-order valence-corrected chi connectivity index (χ1v) is 9.52. The van der Waals surface area contributed by atoms with Crippen molar-refractivity contribution in [3.8, 4) is 0 Å². The number of nitrogens with zero attached hydrogens (tertiary/aromatic N) is 1. The lowest BCUT2D eigenvalue weighted by atomic mass is 9.96. The second-order valence-electron chi connectivity index (χ2n) is 7.55. The summed E-state index contributed by atoms with van der Waals surface area (Å²) < 4.78 is -0.589. The van der Waals surface area contributed by atoms with Crippen LogP contribution in [0.4, 0.5) is 4.79 Å². The fourth-order valence-corrected chi connectivity index (χ4v) is 5.55. The first-order valence-electron chi connectivity index (χ1n) is 8.64. The van der Waals surface area contributed by atoms with E-state index < -0.39 is 22.8 Å².